The molecule has 0 fully saturated rings. The van der Waals surface area contributed by atoms with Gasteiger partial charge in [0.1, 0.15) is 5.01 Å². The van der Waals surface area contributed by atoms with Gasteiger partial charge in [-0.15, -0.1) is 11.3 Å². The molecule has 0 bridgehead atoms. The highest BCUT2D eigenvalue weighted by atomic mass is 32.1. The minimum absolute atomic E-state index is 0.257. The summed E-state index contributed by atoms with van der Waals surface area (Å²) in [4.78, 5) is 8.66. The standard InChI is InChI=1S/C11H16N4S/c1-3-9(10-12-6-8-16-10)14-11-13-5-7-15(11)4-2/h5-9H,3-4H2,1-2H3,(H,13,14). The molecule has 0 aliphatic carbocycles. The van der Waals surface area contributed by atoms with E-state index in [9.17, 15) is 0 Å². The third kappa shape index (κ3) is 2.24. The third-order valence-electron chi connectivity index (χ3n) is 2.52. The molecule has 1 N–H and O–H groups in total. The van der Waals surface area contributed by atoms with Gasteiger partial charge in [-0.05, 0) is 13.3 Å². The minimum atomic E-state index is 0.257. The van der Waals surface area contributed by atoms with Gasteiger partial charge in [0, 0.05) is 30.5 Å². The van der Waals surface area contributed by atoms with E-state index in [-0.39, 0.29) is 6.04 Å². The maximum absolute atomic E-state index is 4.34. The largest absolute Gasteiger partial charge is 0.346 e. The molecule has 1 atom stereocenters. The average Bonchev–Trinajstić information content (AvgIpc) is 2.96. The molecule has 0 spiro atoms. The highest BCUT2D eigenvalue weighted by molar-refractivity contribution is 7.09. The molecule has 86 valence electrons. The van der Waals surface area contributed by atoms with Crippen molar-refractivity contribution in [2.75, 3.05) is 5.32 Å². The SMILES string of the molecule is CCC(Nc1nccn1CC)c1nccs1. The Hall–Kier alpha value is -1.36. The normalized spacial score (nSPS) is 12.6. The van der Waals surface area contributed by atoms with Crippen molar-refractivity contribution in [3.05, 3.63) is 29.0 Å². The molecular formula is C11H16N4S. The van der Waals surface area contributed by atoms with E-state index in [4.69, 9.17) is 0 Å². The van der Waals surface area contributed by atoms with Crippen LogP contribution in [0.2, 0.25) is 0 Å². The van der Waals surface area contributed by atoms with Gasteiger partial charge in [-0.2, -0.15) is 0 Å². The first kappa shape index (κ1) is 11.1. The Balaban J connectivity index is 2.13. The van der Waals surface area contributed by atoms with Crippen molar-refractivity contribution in [2.24, 2.45) is 0 Å². The van der Waals surface area contributed by atoms with Crippen LogP contribution in [0.25, 0.3) is 0 Å². The molecule has 2 heterocycles. The van der Waals surface area contributed by atoms with Gasteiger partial charge in [-0.3, -0.25) is 0 Å². The first-order chi connectivity index (χ1) is 7.85. The number of imidazole rings is 1. The first-order valence-electron chi connectivity index (χ1n) is 5.52. The lowest BCUT2D eigenvalue weighted by atomic mass is 10.2. The lowest BCUT2D eigenvalue weighted by molar-refractivity contribution is 0.698. The summed E-state index contributed by atoms with van der Waals surface area (Å²) >= 11 is 1.68. The zero-order valence-corrected chi connectivity index (χ0v) is 10.4. The summed E-state index contributed by atoms with van der Waals surface area (Å²) in [5.74, 6) is 0.921. The minimum Gasteiger partial charge on any atom is -0.346 e. The van der Waals surface area contributed by atoms with Crippen LogP contribution in [0.15, 0.2) is 24.0 Å². The number of thiazole rings is 1. The van der Waals surface area contributed by atoms with Gasteiger partial charge in [-0.25, -0.2) is 9.97 Å². The number of aromatic nitrogens is 3. The Kier molecular flexibility index (Phi) is 3.56. The van der Waals surface area contributed by atoms with Gasteiger partial charge in [0.15, 0.2) is 0 Å². The Morgan fingerprint density at radius 1 is 1.38 bits per heavy atom. The van der Waals surface area contributed by atoms with Crippen molar-refractivity contribution in [1.29, 1.82) is 0 Å². The molecule has 1 unspecified atom stereocenters. The van der Waals surface area contributed by atoms with E-state index >= 15 is 0 Å². The fourth-order valence-corrected chi connectivity index (χ4v) is 2.38. The highest BCUT2D eigenvalue weighted by Gasteiger charge is 2.13. The fourth-order valence-electron chi connectivity index (χ4n) is 1.61. The molecule has 16 heavy (non-hydrogen) atoms. The van der Waals surface area contributed by atoms with Gasteiger partial charge >= 0.3 is 0 Å². The number of hydrogen-bond acceptors (Lipinski definition) is 4. The van der Waals surface area contributed by atoms with Crippen molar-refractivity contribution in [3.63, 3.8) is 0 Å². The highest BCUT2D eigenvalue weighted by Crippen LogP contribution is 2.23. The maximum atomic E-state index is 4.34. The molecule has 0 amide bonds. The second kappa shape index (κ2) is 5.12. The number of anilines is 1. The lowest BCUT2D eigenvalue weighted by Crippen LogP contribution is -2.13. The molecule has 4 nitrogen and oxygen atoms in total. The molecule has 0 saturated carbocycles. The summed E-state index contributed by atoms with van der Waals surface area (Å²) in [7, 11) is 0. The summed E-state index contributed by atoms with van der Waals surface area (Å²) in [5, 5.41) is 6.55. The second-order valence-electron chi connectivity index (χ2n) is 3.51. The van der Waals surface area contributed by atoms with Gasteiger partial charge < -0.3 is 9.88 Å². The number of aryl methyl sites for hydroxylation is 1. The van der Waals surface area contributed by atoms with Crippen LogP contribution < -0.4 is 5.32 Å². The Morgan fingerprint density at radius 2 is 2.25 bits per heavy atom. The van der Waals surface area contributed by atoms with Crippen LogP contribution in [0.3, 0.4) is 0 Å². The van der Waals surface area contributed by atoms with E-state index in [2.05, 4.69) is 33.7 Å². The summed E-state index contributed by atoms with van der Waals surface area (Å²) in [6.45, 7) is 5.19. The summed E-state index contributed by atoms with van der Waals surface area (Å²) in [6.07, 6.45) is 6.65. The van der Waals surface area contributed by atoms with Crippen molar-refractivity contribution in [1.82, 2.24) is 14.5 Å². The second-order valence-corrected chi connectivity index (χ2v) is 4.44. The molecule has 5 heteroatoms. The number of hydrogen-bond donors (Lipinski definition) is 1. The molecule has 0 radical (unpaired) electrons. The first-order valence-corrected chi connectivity index (χ1v) is 6.40. The smallest absolute Gasteiger partial charge is 0.203 e. The fraction of sp³-hybridized carbons (Fsp3) is 0.455. The molecule has 2 aromatic rings. The van der Waals surface area contributed by atoms with Crippen molar-refractivity contribution >= 4 is 17.3 Å². The molecule has 0 saturated heterocycles. The van der Waals surface area contributed by atoms with E-state index < -0.39 is 0 Å². The summed E-state index contributed by atoms with van der Waals surface area (Å²) in [5.41, 5.74) is 0. The van der Waals surface area contributed by atoms with E-state index in [0.717, 1.165) is 23.9 Å². The third-order valence-corrected chi connectivity index (χ3v) is 3.41. The topological polar surface area (TPSA) is 42.7 Å². The van der Waals surface area contributed by atoms with E-state index in [0.29, 0.717) is 0 Å². The number of nitrogens with one attached hydrogen (secondary N) is 1. The summed E-state index contributed by atoms with van der Waals surface area (Å²) in [6, 6.07) is 0.257. The zero-order chi connectivity index (χ0) is 11.4. The molecule has 0 aromatic carbocycles. The monoisotopic (exact) mass is 236 g/mol. The molecular weight excluding hydrogens is 220 g/mol. The van der Waals surface area contributed by atoms with Crippen LogP contribution in [-0.2, 0) is 6.54 Å². The van der Waals surface area contributed by atoms with Crippen LogP contribution in [0, 0.1) is 0 Å². The zero-order valence-electron chi connectivity index (χ0n) is 9.55. The van der Waals surface area contributed by atoms with Crippen LogP contribution in [0.1, 0.15) is 31.3 Å². The van der Waals surface area contributed by atoms with Gasteiger partial charge in [0.2, 0.25) is 5.95 Å². The Labute approximate surface area is 99.4 Å². The predicted molar refractivity (Wildman–Crippen MR) is 66.7 cm³/mol. The quantitative estimate of drug-likeness (QED) is 0.868. The van der Waals surface area contributed by atoms with E-state index in [1.807, 2.05) is 24.0 Å². The predicted octanol–water partition coefficient (Wildman–Crippen LogP) is 2.92. The van der Waals surface area contributed by atoms with Gasteiger partial charge in [0.05, 0.1) is 6.04 Å². The van der Waals surface area contributed by atoms with Crippen LogP contribution in [-0.4, -0.2) is 14.5 Å². The van der Waals surface area contributed by atoms with Crippen LogP contribution in [0.5, 0.6) is 0 Å². The number of rotatable bonds is 5. The van der Waals surface area contributed by atoms with Crippen molar-refractivity contribution in [3.8, 4) is 0 Å². The molecule has 0 aliphatic heterocycles. The van der Waals surface area contributed by atoms with Crippen LogP contribution >= 0.6 is 11.3 Å². The van der Waals surface area contributed by atoms with Crippen molar-refractivity contribution in [2.45, 2.75) is 32.9 Å². The lowest BCUT2D eigenvalue weighted by Gasteiger charge is -2.15. The van der Waals surface area contributed by atoms with Gasteiger partial charge in [-0.1, -0.05) is 6.92 Å². The van der Waals surface area contributed by atoms with Crippen LogP contribution in [0.4, 0.5) is 5.95 Å². The Bertz CT molecular complexity index is 421. The molecule has 2 aromatic heterocycles. The summed E-state index contributed by atoms with van der Waals surface area (Å²) < 4.78 is 2.09. The maximum Gasteiger partial charge on any atom is 0.203 e. The molecule has 2 rings (SSSR count). The van der Waals surface area contributed by atoms with E-state index in [1.54, 1.807) is 11.3 Å². The number of nitrogens with zero attached hydrogens (tertiary/aromatic N) is 3. The Morgan fingerprint density at radius 3 is 2.88 bits per heavy atom. The van der Waals surface area contributed by atoms with Crippen molar-refractivity contribution < 1.29 is 0 Å². The average molecular weight is 236 g/mol. The van der Waals surface area contributed by atoms with E-state index in [1.165, 1.54) is 0 Å². The van der Waals surface area contributed by atoms with Gasteiger partial charge in [0.25, 0.3) is 0 Å². The molecule has 0 aliphatic rings.